The highest BCUT2D eigenvalue weighted by Gasteiger charge is 2.17. The second kappa shape index (κ2) is 3.90. The van der Waals surface area contributed by atoms with Gasteiger partial charge in [-0.2, -0.15) is 5.10 Å². The normalized spacial score (nSPS) is 10.8. The number of H-pyrrole nitrogens is 1. The zero-order chi connectivity index (χ0) is 11.9. The van der Waals surface area contributed by atoms with Gasteiger partial charge in [0.25, 0.3) is 0 Å². The molecule has 0 aliphatic rings. The molecule has 2 aromatic rings. The number of aromatic amines is 1. The summed E-state index contributed by atoms with van der Waals surface area (Å²) in [6, 6.07) is 1.75. The van der Waals surface area contributed by atoms with E-state index in [9.17, 15) is 4.39 Å². The van der Waals surface area contributed by atoms with E-state index in [1.807, 2.05) is 6.92 Å². The summed E-state index contributed by atoms with van der Waals surface area (Å²) in [4.78, 5) is 0. The minimum atomic E-state index is -0.256. The number of aryl methyl sites for hydroxylation is 1. The van der Waals surface area contributed by atoms with Crippen LogP contribution in [-0.4, -0.2) is 10.2 Å². The van der Waals surface area contributed by atoms with Crippen molar-refractivity contribution in [3.05, 3.63) is 33.7 Å². The van der Waals surface area contributed by atoms with Crippen molar-refractivity contribution in [2.75, 3.05) is 5.73 Å². The van der Waals surface area contributed by atoms with Crippen molar-refractivity contribution in [3.8, 4) is 11.1 Å². The molecule has 0 aliphatic carbocycles. The zero-order valence-electron chi connectivity index (χ0n) is 8.94. The summed E-state index contributed by atoms with van der Waals surface area (Å²) >= 11 is 3.40. The van der Waals surface area contributed by atoms with Gasteiger partial charge in [0.05, 0.1) is 6.20 Å². The third-order valence-corrected chi connectivity index (χ3v) is 3.40. The van der Waals surface area contributed by atoms with Crippen molar-refractivity contribution < 1.29 is 4.39 Å². The fourth-order valence-corrected chi connectivity index (χ4v) is 2.20. The van der Waals surface area contributed by atoms with Crippen molar-refractivity contribution in [2.45, 2.75) is 13.8 Å². The van der Waals surface area contributed by atoms with Gasteiger partial charge in [-0.3, -0.25) is 5.10 Å². The molecule has 0 atom stereocenters. The quantitative estimate of drug-likeness (QED) is 0.845. The Hall–Kier alpha value is -1.36. The second-order valence-electron chi connectivity index (χ2n) is 3.69. The van der Waals surface area contributed by atoms with Crippen LogP contribution in [0.1, 0.15) is 11.1 Å². The Kier molecular flexibility index (Phi) is 2.71. The molecule has 5 heteroatoms. The van der Waals surface area contributed by atoms with Crippen LogP contribution in [0.4, 0.5) is 10.2 Å². The fraction of sp³-hybridized carbons (Fsp3) is 0.182. The number of nitrogens with zero attached hydrogens (tertiary/aromatic N) is 1. The maximum Gasteiger partial charge on any atom is 0.134 e. The highest BCUT2D eigenvalue weighted by molar-refractivity contribution is 9.10. The summed E-state index contributed by atoms with van der Waals surface area (Å²) in [6.45, 7) is 3.56. The van der Waals surface area contributed by atoms with Gasteiger partial charge in [-0.25, -0.2) is 4.39 Å². The van der Waals surface area contributed by atoms with Gasteiger partial charge in [-0.05, 0) is 31.0 Å². The Morgan fingerprint density at radius 1 is 1.44 bits per heavy atom. The average molecular weight is 284 g/mol. The number of anilines is 1. The van der Waals surface area contributed by atoms with Gasteiger partial charge in [0, 0.05) is 15.6 Å². The molecule has 0 radical (unpaired) electrons. The Morgan fingerprint density at radius 3 is 2.69 bits per heavy atom. The number of nitrogens with two attached hydrogens (primary N) is 1. The summed E-state index contributed by atoms with van der Waals surface area (Å²) in [7, 11) is 0. The third-order valence-electron chi connectivity index (χ3n) is 2.58. The first-order valence-electron chi connectivity index (χ1n) is 4.76. The lowest BCUT2D eigenvalue weighted by Gasteiger charge is -2.10. The number of rotatable bonds is 1. The van der Waals surface area contributed by atoms with Crippen LogP contribution in [0.2, 0.25) is 0 Å². The van der Waals surface area contributed by atoms with Gasteiger partial charge in [0.2, 0.25) is 0 Å². The maximum atomic E-state index is 14.1. The Bertz CT molecular complexity index is 522. The van der Waals surface area contributed by atoms with Crippen molar-refractivity contribution in [2.24, 2.45) is 0 Å². The Labute approximate surface area is 101 Å². The molecule has 84 valence electrons. The number of nitrogen functional groups attached to an aromatic ring is 1. The van der Waals surface area contributed by atoms with E-state index in [1.54, 1.807) is 13.0 Å². The van der Waals surface area contributed by atoms with Gasteiger partial charge < -0.3 is 5.73 Å². The van der Waals surface area contributed by atoms with Crippen molar-refractivity contribution in [1.29, 1.82) is 0 Å². The van der Waals surface area contributed by atoms with Crippen LogP contribution >= 0.6 is 15.9 Å². The molecule has 1 heterocycles. The molecule has 0 spiro atoms. The van der Waals surface area contributed by atoms with E-state index in [0.717, 1.165) is 10.0 Å². The highest BCUT2D eigenvalue weighted by Crippen LogP contribution is 2.35. The van der Waals surface area contributed by atoms with Gasteiger partial charge in [-0.15, -0.1) is 0 Å². The molecule has 1 aromatic heterocycles. The third kappa shape index (κ3) is 1.61. The van der Waals surface area contributed by atoms with Crippen molar-refractivity contribution in [3.63, 3.8) is 0 Å². The zero-order valence-corrected chi connectivity index (χ0v) is 10.5. The Balaban J connectivity index is 2.79. The molecule has 0 saturated heterocycles. The molecule has 16 heavy (non-hydrogen) atoms. The number of hydrogen-bond donors (Lipinski definition) is 2. The van der Waals surface area contributed by atoms with Crippen LogP contribution in [0.5, 0.6) is 0 Å². The van der Waals surface area contributed by atoms with Crippen LogP contribution < -0.4 is 5.73 Å². The standard InChI is InChI=1S/C11H11BrFN3/c1-5-3-8(12)6(2)9(10(5)13)7-4-15-16-11(7)14/h3-4H,1-2H3,(H3,14,15,16). The molecule has 2 rings (SSSR count). The van der Waals surface area contributed by atoms with Crippen LogP contribution in [-0.2, 0) is 0 Å². The van der Waals surface area contributed by atoms with Crippen LogP contribution in [0.3, 0.4) is 0 Å². The minimum absolute atomic E-state index is 0.256. The van der Waals surface area contributed by atoms with E-state index in [0.29, 0.717) is 22.5 Å². The topological polar surface area (TPSA) is 54.7 Å². The van der Waals surface area contributed by atoms with E-state index >= 15 is 0 Å². The molecule has 0 amide bonds. The van der Waals surface area contributed by atoms with Gasteiger partial charge in [0.15, 0.2) is 0 Å². The van der Waals surface area contributed by atoms with Gasteiger partial charge >= 0.3 is 0 Å². The summed E-state index contributed by atoms with van der Waals surface area (Å²) in [6.07, 6.45) is 1.53. The average Bonchev–Trinajstić information content (AvgIpc) is 2.63. The number of aromatic nitrogens is 2. The second-order valence-corrected chi connectivity index (χ2v) is 4.54. The minimum Gasteiger partial charge on any atom is -0.384 e. The molecular weight excluding hydrogens is 273 g/mol. The van der Waals surface area contributed by atoms with E-state index in [4.69, 9.17) is 5.73 Å². The van der Waals surface area contributed by atoms with E-state index in [-0.39, 0.29) is 5.82 Å². The van der Waals surface area contributed by atoms with Crippen LogP contribution in [0.25, 0.3) is 11.1 Å². The number of hydrogen-bond acceptors (Lipinski definition) is 2. The SMILES string of the molecule is Cc1cc(Br)c(C)c(-c2cn[nH]c2N)c1F. The van der Waals surface area contributed by atoms with Gasteiger partial charge in [-0.1, -0.05) is 15.9 Å². The maximum absolute atomic E-state index is 14.1. The molecule has 0 fully saturated rings. The molecule has 1 aromatic carbocycles. The largest absolute Gasteiger partial charge is 0.384 e. The predicted octanol–water partition coefficient (Wildman–Crippen LogP) is 3.18. The summed E-state index contributed by atoms with van der Waals surface area (Å²) in [5.41, 5.74) is 8.20. The molecule has 0 saturated carbocycles. The molecular formula is C11H11BrFN3. The lowest BCUT2D eigenvalue weighted by atomic mass is 9.99. The number of halogens is 2. The predicted molar refractivity (Wildman–Crippen MR) is 65.6 cm³/mol. The molecule has 0 bridgehead atoms. The molecule has 0 aliphatic heterocycles. The van der Waals surface area contributed by atoms with E-state index in [1.165, 1.54) is 6.20 Å². The lowest BCUT2D eigenvalue weighted by Crippen LogP contribution is -1.96. The summed E-state index contributed by atoms with van der Waals surface area (Å²) in [5, 5.41) is 6.41. The molecule has 3 nitrogen and oxygen atoms in total. The molecule has 0 unspecified atom stereocenters. The van der Waals surface area contributed by atoms with Crippen molar-refractivity contribution in [1.82, 2.24) is 10.2 Å². The Morgan fingerprint density at radius 2 is 2.12 bits per heavy atom. The number of benzene rings is 1. The molecule has 3 N–H and O–H groups in total. The smallest absolute Gasteiger partial charge is 0.134 e. The number of nitrogens with one attached hydrogen (secondary N) is 1. The fourth-order valence-electron chi connectivity index (χ4n) is 1.66. The van der Waals surface area contributed by atoms with E-state index in [2.05, 4.69) is 26.1 Å². The van der Waals surface area contributed by atoms with Crippen LogP contribution in [0, 0.1) is 19.7 Å². The monoisotopic (exact) mass is 283 g/mol. The van der Waals surface area contributed by atoms with Gasteiger partial charge in [0.1, 0.15) is 11.6 Å². The highest BCUT2D eigenvalue weighted by atomic mass is 79.9. The summed E-state index contributed by atoms with van der Waals surface area (Å²) < 4.78 is 14.9. The van der Waals surface area contributed by atoms with E-state index < -0.39 is 0 Å². The first kappa shape index (κ1) is 11.1. The lowest BCUT2D eigenvalue weighted by molar-refractivity contribution is 0.620. The van der Waals surface area contributed by atoms with Crippen LogP contribution in [0.15, 0.2) is 16.7 Å². The summed E-state index contributed by atoms with van der Waals surface area (Å²) in [5.74, 6) is 0.119. The van der Waals surface area contributed by atoms with Crippen molar-refractivity contribution >= 4 is 21.7 Å². The first-order chi connectivity index (χ1) is 7.52. The first-order valence-corrected chi connectivity index (χ1v) is 5.56.